The molecular formula is C34H49NO2. The van der Waals surface area contributed by atoms with Gasteiger partial charge in [0.1, 0.15) is 6.61 Å². The second-order valence-corrected chi connectivity index (χ2v) is 10.9. The number of nitrogens with zero attached hydrogens (tertiary/aromatic N) is 1. The Kier molecular flexibility index (Phi) is 12.3. The SMILES string of the molecule is CCCCCCCC(C)N(C(=O)OCc1c2ccccc2cc2ccccc12)C(C)CCCCCCC. The van der Waals surface area contributed by atoms with Crippen LogP contribution in [-0.4, -0.2) is 23.1 Å². The van der Waals surface area contributed by atoms with Crippen molar-refractivity contribution in [3.05, 3.63) is 60.2 Å². The second kappa shape index (κ2) is 15.6. The summed E-state index contributed by atoms with van der Waals surface area (Å²) in [7, 11) is 0. The average molecular weight is 504 g/mol. The van der Waals surface area contributed by atoms with E-state index in [4.69, 9.17) is 4.74 Å². The normalized spacial score (nSPS) is 13.1. The molecule has 0 heterocycles. The molecule has 1 amide bonds. The van der Waals surface area contributed by atoms with Gasteiger partial charge >= 0.3 is 6.09 Å². The largest absolute Gasteiger partial charge is 0.444 e. The summed E-state index contributed by atoms with van der Waals surface area (Å²) < 4.78 is 6.13. The van der Waals surface area contributed by atoms with Gasteiger partial charge < -0.3 is 9.64 Å². The standard InChI is InChI=1S/C34H49NO2/c1-5-7-9-11-13-19-27(3)35(28(4)20-14-12-10-8-6-2)34(36)37-26-33-31-23-17-15-21-29(31)25-30-22-16-18-24-32(30)33/h15-18,21-25,27-28H,5-14,19-20,26H2,1-4H3. The van der Waals surface area contributed by atoms with Gasteiger partial charge in [0.2, 0.25) is 0 Å². The number of carbonyl (C=O) groups is 1. The molecule has 3 nitrogen and oxygen atoms in total. The quantitative estimate of drug-likeness (QED) is 0.144. The van der Waals surface area contributed by atoms with Gasteiger partial charge in [-0.05, 0) is 54.3 Å². The fourth-order valence-electron chi connectivity index (χ4n) is 5.63. The molecule has 0 saturated carbocycles. The minimum Gasteiger partial charge on any atom is -0.444 e. The first-order valence-electron chi connectivity index (χ1n) is 14.9. The fraction of sp³-hybridized carbons (Fsp3) is 0.559. The van der Waals surface area contributed by atoms with Gasteiger partial charge in [0.25, 0.3) is 0 Å². The van der Waals surface area contributed by atoms with Gasteiger partial charge in [0, 0.05) is 17.6 Å². The lowest BCUT2D eigenvalue weighted by molar-refractivity contribution is 0.0630. The zero-order chi connectivity index (χ0) is 26.5. The van der Waals surface area contributed by atoms with E-state index in [9.17, 15) is 4.79 Å². The molecule has 0 radical (unpaired) electrons. The van der Waals surface area contributed by atoms with E-state index in [1.165, 1.54) is 75.0 Å². The van der Waals surface area contributed by atoms with E-state index < -0.39 is 0 Å². The first-order chi connectivity index (χ1) is 18.1. The van der Waals surface area contributed by atoms with Gasteiger partial charge in [-0.15, -0.1) is 0 Å². The Balaban J connectivity index is 1.73. The van der Waals surface area contributed by atoms with E-state index in [-0.39, 0.29) is 18.2 Å². The van der Waals surface area contributed by atoms with Crippen LogP contribution in [0.15, 0.2) is 54.6 Å². The molecule has 0 aliphatic carbocycles. The van der Waals surface area contributed by atoms with Gasteiger partial charge in [0.15, 0.2) is 0 Å². The number of hydrogen-bond donors (Lipinski definition) is 0. The minimum atomic E-state index is -0.167. The molecule has 3 aromatic rings. The van der Waals surface area contributed by atoms with Crippen molar-refractivity contribution in [1.29, 1.82) is 0 Å². The summed E-state index contributed by atoms with van der Waals surface area (Å²) in [5, 5.41) is 4.69. The van der Waals surface area contributed by atoms with Gasteiger partial charge in [-0.2, -0.15) is 0 Å². The first-order valence-corrected chi connectivity index (χ1v) is 14.9. The molecule has 2 unspecified atom stereocenters. The highest BCUT2D eigenvalue weighted by Crippen LogP contribution is 2.29. The van der Waals surface area contributed by atoms with Crippen molar-refractivity contribution in [3.63, 3.8) is 0 Å². The molecule has 0 saturated heterocycles. The third-order valence-corrected chi connectivity index (χ3v) is 7.83. The summed E-state index contributed by atoms with van der Waals surface area (Å²) in [5.74, 6) is 0. The van der Waals surface area contributed by atoms with Crippen molar-refractivity contribution in [1.82, 2.24) is 4.90 Å². The minimum absolute atomic E-state index is 0.167. The van der Waals surface area contributed by atoms with Crippen LogP contribution in [0.3, 0.4) is 0 Å². The molecule has 0 aliphatic rings. The maximum atomic E-state index is 13.6. The molecule has 202 valence electrons. The van der Waals surface area contributed by atoms with Gasteiger partial charge in [-0.1, -0.05) is 127 Å². The number of benzene rings is 3. The lowest BCUT2D eigenvalue weighted by Gasteiger charge is -2.34. The van der Waals surface area contributed by atoms with E-state index in [0.29, 0.717) is 6.61 Å². The highest BCUT2D eigenvalue weighted by Gasteiger charge is 2.27. The highest BCUT2D eigenvalue weighted by molar-refractivity contribution is 6.02. The Labute approximate surface area is 225 Å². The lowest BCUT2D eigenvalue weighted by atomic mass is 9.97. The van der Waals surface area contributed by atoms with Gasteiger partial charge in [0.05, 0.1) is 0 Å². The summed E-state index contributed by atoms with van der Waals surface area (Å²) in [6, 6.07) is 19.4. The summed E-state index contributed by atoms with van der Waals surface area (Å²) in [6.45, 7) is 9.22. The van der Waals surface area contributed by atoms with Crippen LogP contribution in [0, 0.1) is 0 Å². The summed E-state index contributed by atoms with van der Waals surface area (Å²) in [6.07, 6.45) is 14.4. The Morgan fingerprint density at radius 1 is 0.703 bits per heavy atom. The van der Waals surface area contributed by atoms with Crippen molar-refractivity contribution in [2.75, 3.05) is 0 Å². The third kappa shape index (κ3) is 8.48. The van der Waals surface area contributed by atoms with Crippen LogP contribution in [0.5, 0.6) is 0 Å². The third-order valence-electron chi connectivity index (χ3n) is 7.83. The number of rotatable bonds is 16. The predicted molar refractivity (Wildman–Crippen MR) is 159 cm³/mol. The smallest absolute Gasteiger partial charge is 0.410 e. The molecular weight excluding hydrogens is 454 g/mol. The van der Waals surface area contributed by atoms with E-state index in [1.54, 1.807) is 0 Å². The zero-order valence-corrected chi connectivity index (χ0v) is 23.8. The van der Waals surface area contributed by atoms with Crippen molar-refractivity contribution in [2.45, 2.75) is 123 Å². The van der Waals surface area contributed by atoms with Crippen LogP contribution in [0.2, 0.25) is 0 Å². The number of carbonyl (C=O) groups excluding carboxylic acids is 1. The highest BCUT2D eigenvalue weighted by atomic mass is 16.6. The van der Waals surface area contributed by atoms with Crippen molar-refractivity contribution in [2.24, 2.45) is 0 Å². The molecule has 0 spiro atoms. The zero-order valence-electron chi connectivity index (χ0n) is 23.8. The summed E-state index contributed by atoms with van der Waals surface area (Å²) in [4.78, 5) is 15.7. The first kappa shape index (κ1) is 29.0. The number of ether oxygens (including phenoxy) is 1. The Morgan fingerprint density at radius 3 is 1.65 bits per heavy atom. The molecule has 2 atom stereocenters. The maximum absolute atomic E-state index is 13.6. The number of hydrogen-bond acceptors (Lipinski definition) is 2. The molecule has 0 aromatic heterocycles. The topological polar surface area (TPSA) is 29.5 Å². The van der Waals surface area contributed by atoms with Crippen molar-refractivity contribution < 1.29 is 9.53 Å². The van der Waals surface area contributed by atoms with Crippen molar-refractivity contribution >= 4 is 27.6 Å². The fourth-order valence-corrected chi connectivity index (χ4v) is 5.63. The molecule has 0 N–H and O–H groups in total. The molecule has 0 fully saturated rings. The van der Waals surface area contributed by atoms with Crippen LogP contribution in [0.25, 0.3) is 21.5 Å². The Bertz CT molecular complexity index is 1020. The van der Waals surface area contributed by atoms with E-state index in [1.807, 2.05) is 4.90 Å². The van der Waals surface area contributed by atoms with E-state index >= 15 is 0 Å². The van der Waals surface area contributed by atoms with E-state index in [2.05, 4.69) is 82.3 Å². The molecule has 3 aromatic carbocycles. The van der Waals surface area contributed by atoms with Crippen LogP contribution in [-0.2, 0) is 11.3 Å². The molecule has 37 heavy (non-hydrogen) atoms. The van der Waals surface area contributed by atoms with E-state index in [0.717, 1.165) is 29.2 Å². The molecule has 3 heteroatoms. The monoisotopic (exact) mass is 503 g/mol. The number of unbranched alkanes of at least 4 members (excludes halogenated alkanes) is 8. The van der Waals surface area contributed by atoms with Crippen LogP contribution >= 0.6 is 0 Å². The van der Waals surface area contributed by atoms with Crippen LogP contribution in [0.4, 0.5) is 4.79 Å². The average Bonchev–Trinajstić information content (AvgIpc) is 2.91. The lowest BCUT2D eigenvalue weighted by Crippen LogP contribution is -2.45. The maximum Gasteiger partial charge on any atom is 0.410 e. The number of amides is 1. The number of fused-ring (bicyclic) bond motifs is 2. The van der Waals surface area contributed by atoms with Crippen LogP contribution in [0.1, 0.15) is 110 Å². The van der Waals surface area contributed by atoms with Gasteiger partial charge in [-0.25, -0.2) is 4.79 Å². The summed E-state index contributed by atoms with van der Waals surface area (Å²) >= 11 is 0. The Morgan fingerprint density at radius 2 is 1.16 bits per heavy atom. The predicted octanol–water partition coefficient (Wildman–Crippen LogP) is 10.4. The summed E-state index contributed by atoms with van der Waals surface area (Å²) in [5.41, 5.74) is 1.10. The molecule has 3 rings (SSSR count). The van der Waals surface area contributed by atoms with Crippen LogP contribution < -0.4 is 0 Å². The van der Waals surface area contributed by atoms with Gasteiger partial charge in [-0.3, -0.25) is 0 Å². The van der Waals surface area contributed by atoms with Crippen molar-refractivity contribution in [3.8, 4) is 0 Å². The second-order valence-electron chi connectivity index (χ2n) is 10.9. The molecule has 0 bridgehead atoms. The molecule has 0 aliphatic heterocycles. The Hall–Kier alpha value is -2.55.